The molecule has 0 heterocycles. The summed E-state index contributed by atoms with van der Waals surface area (Å²) in [6.07, 6.45) is 0. The van der Waals surface area contributed by atoms with Gasteiger partial charge in [-0.1, -0.05) is 24.3 Å². The molecule has 0 bridgehead atoms. The van der Waals surface area contributed by atoms with Crippen molar-refractivity contribution in [3.05, 3.63) is 48.5 Å². The molecule has 0 unspecified atom stereocenters. The summed E-state index contributed by atoms with van der Waals surface area (Å²) in [5, 5.41) is 9.23. The molecule has 0 spiro atoms. The van der Waals surface area contributed by atoms with Gasteiger partial charge in [-0.05, 0) is 35.4 Å². The summed E-state index contributed by atoms with van der Waals surface area (Å²) in [6.45, 7) is 0. The second-order valence-electron chi connectivity index (χ2n) is 4.36. The Hall–Kier alpha value is -1.85. The van der Waals surface area contributed by atoms with Gasteiger partial charge in [0.25, 0.3) is 0 Å². The van der Waals surface area contributed by atoms with Crippen LogP contribution < -0.4 is 0 Å². The molecule has 0 amide bonds. The van der Waals surface area contributed by atoms with E-state index < -0.39 is 10.0 Å². The lowest BCUT2D eigenvalue weighted by Gasteiger charge is -2.11. The topological polar surface area (TPSA) is 57.6 Å². The van der Waals surface area contributed by atoms with Crippen LogP contribution in [0.2, 0.25) is 0 Å². The van der Waals surface area contributed by atoms with E-state index in [9.17, 15) is 13.5 Å². The first-order valence-electron chi connectivity index (χ1n) is 5.73. The molecule has 1 N–H and O–H groups in total. The van der Waals surface area contributed by atoms with Crippen LogP contribution in [-0.2, 0) is 10.0 Å². The van der Waals surface area contributed by atoms with Crippen molar-refractivity contribution in [3.63, 3.8) is 0 Å². The highest BCUT2D eigenvalue weighted by Gasteiger charge is 2.16. The molecule has 0 radical (unpaired) electrons. The molecule has 100 valence electrons. The molecule has 0 saturated heterocycles. The number of nitrogens with zero attached hydrogens (tertiary/aromatic N) is 1. The Morgan fingerprint density at radius 1 is 0.842 bits per heavy atom. The molecule has 4 nitrogen and oxygen atoms in total. The van der Waals surface area contributed by atoms with Crippen molar-refractivity contribution in [1.82, 2.24) is 4.31 Å². The fraction of sp³-hybridized carbons (Fsp3) is 0.143. The summed E-state index contributed by atoms with van der Waals surface area (Å²) in [6, 6.07) is 13.4. The molecule has 0 aliphatic carbocycles. The van der Waals surface area contributed by atoms with Gasteiger partial charge in [0.05, 0.1) is 4.90 Å². The van der Waals surface area contributed by atoms with Crippen molar-refractivity contribution < 1.29 is 13.5 Å². The summed E-state index contributed by atoms with van der Waals surface area (Å²) in [7, 11) is -0.383. The summed E-state index contributed by atoms with van der Waals surface area (Å²) in [4.78, 5) is 0.264. The second-order valence-corrected chi connectivity index (χ2v) is 6.51. The third kappa shape index (κ3) is 2.77. The van der Waals surface area contributed by atoms with E-state index in [-0.39, 0.29) is 10.6 Å². The second kappa shape index (κ2) is 5.03. The molecule has 0 atom stereocenters. The third-order valence-electron chi connectivity index (χ3n) is 2.83. The van der Waals surface area contributed by atoms with Gasteiger partial charge in [-0.25, -0.2) is 12.7 Å². The molecule has 2 aromatic rings. The normalized spacial score (nSPS) is 11.7. The number of rotatable bonds is 3. The number of hydrogen-bond donors (Lipinski definition) is 1. The van der Waals surface area contributed by atoms with Gasteiger partial charge in [0.1, 0.15) is 5.75 Å². The quantitative estimate of drug-likeness (QED) is 0.936. The summed E-state index contributed by atoms with van der Waals surface area (Å²) >= 11 is 0. The van der Waals surface area contributed by atoms with E-state index in [4.69, 9.17) is 0 Å². The van der Waals surface area contributed by atoms with Crippen molar-refractivity contribution in [2.75, 3.05) is 14.1 Å². The Labute approximate surface area is 113 Å². The number of aromatic hydroxyl groups is 1. The first-order valence-corrected chi connectivity index (χ1v) is 7.17. The van der Waals surface area contributed by atoms with Gasteiger partial charge in [0.15, 0.2) is 0 Å². The standard InChI is InChI=1S/C14H15NO3S/c1-15(2)19(17,18)14-9-5-12(6-10-14)11-3-7-13(16)8-4-11/h3-10,16H,1-2H3. The lowest BCUT2D eigenvalue weighted by molar-refractivity contribution is 0.475. The highest BCUT2D eigenvalue weighted by Crippen LogP contribution is 2.23. The van der Waals surface area contributed by atoms with Crippen LogP contribution >= 0.6 is 0 Å². The Balaban J connectivity index is 2.36. The van der Waals surface area contributed by atoms with Crippen LogP contribution in [-0.4, -0.2) is 31.9 Å². The first kappa shape index (κ1) is 13.6. The van der Waals surface area contributed by atoms with Crippen molar-refractivity contribution in [2.24, 2.45) is 0 Å². The molecule has 0 fully saturated rings. The van der Waals surface area contributed by atoms with Gasteiger partial charge in [-0.3, -0.25) is 0 Å². The van der Waals surface area contributed by atoms with Crippen molar-refractivity contribution in [2.45, 2.75) is 4.90 Å². The summed E-state index contributed by atoms with van der Waals surface area (Å²) in [5.41, 5.74) is 1.82. The van der Waals surface area contributed by atoms with E-state index in [1.54, 1.807) is 48.5 Å². The van der Waals surface area contributed by atoms with E-state index in [0.29, 0.717) is 0 Å². The molecule has 0 saturated carbocycles. The summed E-state index contributed by atoms with van der Waals surface area (Å²) in [5.74, 6) is 0.204. The van der Waals surface area contributed by atoms with Crippen LogP contribution in [0.3, 0.4) is 0 Å². The third-order valence-corrected chi connectivity index (χ3v) is 4.66. The maximum Gasteiger partial charge on any atom is 0.242 e. The maximum absolute atomic E-state index is 11.9. The van der Waals surface area contributed by atoms with Gasteiger partial charge in [-0.15, -0.1) is 0 Å². The van der Waals surface area contributed by atoms with E-state index in [0.717, 1.165) is 11.1 Å². The molecule has 2 aromatic carbocycles. The van der Waals surface area contributed by atoms with Gasteiger partial charge < -0.3 is 5.11 Å². The Bertz CT molecular complexity index is 659. The average Bonchev–Trinajstić information content (AvgIpc) is 2.39. The van der Waals surface area contributed by atoms with Crippen LogP contribution in [0.5, 0.6) is 5.75 Å². The van der Waals surface area contributed by atoms with Crippen LogP contribution in [0.25, 0.3) is 11.1 Å². The lowest BCUT2D eigenvalue weighted by Crippen LogP contribution is -2.22. The molecule has 0 aliphatic heterocycles. The molecule has 0 aromatic heterocycles. The monoisotopic (exact) mass is 277 g/mol. The molecule has 5 heteroatoms. The largest absolute Gasteiger partial charge is 0.508 e. The van der Waals surface area contributed by atoms with E-state index >= 15 is 0 Å². The number of phenols is 1. The van der Waals surface area contributed by atoms with Gasteiger partial charge in [0.2, 0.25) is 10.0 Å². The van der Waals surface area contributed by atoms with Gasteiger partial charge >= 0.3 is 0 Å². The number of sulfonamides is 1. The lowest BCUT2D eigenvalue weighted by atomic mass is 10.1. The molecular weight excluding hydrogens is 262 g/mol. The van der Waals surface area contributed by atoms with Gasteiger partial charge in [-0.2, -0.15) is 0 Å². The Morgan fingerprint density at radius 3 is 1.68 bits per heavy atom. The zero-order valence-electron chi connectivity index (χ0n) is 10.7. The zero-order valence-corrected chi connectivity index (χ0v) is 11.6. The molecule has 0 aliphatic rings. The van der Waals surface area contributed by atoms with Crippen molar-refractivity contribution in [3.8, 4) is 16.9 Å². The minimum atomic E-state index is -3.39. The summed E-state index contributed by atoms with van der Waals surface area (Å²) < 4.78 is 25.0. The molecular formula is C14H15NO3S. The fourth-order valence-electron chi connectivity index (χ4n) is 1.68. The van der Waals surface area contributed by atoms with Gasteiger partial charge in [0, 0.05) is 14.1 Å². The van der Waals surface area contributed by atoms with Crippen molar-refractivity contribution >= 4 is 10.0 Å². The SMILES string of the molecule is CN(C)S(=O)(=O)c1ccc(-c2ccc(O)cc2)cc1. The van der Waals surface area contributed by atoms with E-state index in [1.807, 2.05) is 0 Å². The smallest absolute Gasteiger partial charge is 0.242 e. The first-order chi connectivity index (χ1) is 8.91. The maximum atomic E-state index is 11.9. The van der Waals surface area contributed by atoms with Crippen LogP contribution in [0, 0.1) is 0 Å². The van der Waals surface area contributed by atoms with E-state index in [2.05, 4.69) is 0 Å². The minimum absolute atomic E-state index is 0.204. The Morgan fingerprint density at radius 2 is 1.26 bits per heavy atom. The number of hydrogen-bond acceptors (Lipinski definition) is 3. The molecule has 19 heavy (non-hydrogen) atoms. The Kier molecular flexibility index (Phi) is 3.59. The zero-order chi connectivity index (χ0) is 14.0. The highest BCUT2D eigenvalue weighted by atomic mass is 32.2. The highest BCUT2D eigenvalue weighted by molar-refractivity contribution is 7.89. The van der Waals surface area contributed by atoms with Crippen LogP contribution in [0.15, 0.2) is 53.4 Å². The average molecular weight is 277 g/mol. The minimum Gasteiger partial charge on any atom is -0.508 e. The molecule has 2 rings (SSSR count). The number of phenolic OH excluding ortho intramolecular Hbond substituents is 1. The predicted molar refractivity (Wildman–Crippen MR) is 74.4 cm³/mol. The van der Waals surface area contributed by atoms with E-state index in [1.165, 1.54) is 18.4 Å². The van der Waals surface area contributed by atoms with Crippen LogP contribution in [0.1, 0.15) is 0 Å². The van der Waals surface area contributed by atoms with Crippen LogP contribution in [0.4, 0.5) is 0 Å². The number of benzene rings is 2. The van der Waals surface area contributed by atoms with Crippen molar-refractivity contribution in [1.29, 1.82) is 0 Å². The predicted octanol–water partition coefficient (Wildman–Crippen LogP) is 2.31. The fourth-order valence-corrected chi connectivity index (χ4v) is 2.59.